The van der Waals surface area contributed by atoms with Gasteiger partial charge >= 0.3 is 0 Å². The molecule has 0 unspecified atom stereocenters. The predicted octanol–water partition coefficient (Wildman–Crippen LogP) is 1.85. The van der Waals surface area contributed by atoms with Crippen molar-refractivity contribution in [2.45, 2.75) is 0 Å². The molecule has 0 aliphatic rings. The fourth-order valence-electron chi connectivity index (χ4n) is 0.636. The molecule has 1 aromatic heterocycles. The van der Waals surface area contributed by atoms with Crippen molar-refractivity contribution in [3.8, 4) is 12.3 Å². The molecular weight excluding hydrogens is 195 g/mol. The van der Waals surface area contributed by atoms with Crippen LogP contribution in [-0.2, 0) is 4.84 Å². The van der Waals surface area contributed by atoms with Gasteiger partial charge in [-0.25, -0.2) is 14.9 Å². The fourth-order valence-corrected chi connectivity index (χ4v) is 0.780. The second-order valence-electron chi connectivity index (χ2n) is 2.08. The van der Waals surface area contributed by atoms with E-state index in [1.165, 1.54) is 6.20 Å². The molecule has 0 saturated heterocycles. The van der Waals surface area contributed by atoms with Gasteiger partial charge in [0.1, 0.15) is 6.61 Å². The number of aromatic nitrogens is 1. The Balaban J connectivity index is 2.62. The van der Waals surface area contributed by atoms with Crippen LogP contribution in [0.3, 0.4) is 0 Å². The van der Waals surface area contributed by atoms with Gasteiger partial charge in [0.25, 0.3) is 0 Å². The third-order valence-corrected chi connectivity index (χ3v) is 1.34. The van der Waals surface area contributed by atoms with Gasteiger partial charge in [0.05, 0.1) is 5.02 Å². The second-order valence-corrected chi connectivity index (χ2v) is 2.52. The monoisotopic (exact) mass is 200 g/mol. The van der Waals surface area contributed by atoms with E-state index in [9.17, 15) is 4.39 Å². The van der Waals surface area contributed by atoms with Crippen molar-refractivity contribution in [3.05, 3.63) is 23.1 Å². The third kappa shape index (κ3) is 2.90. The molecule has 68 valence electrons. The van der Waals surface area contributed by atoms with Crippen LogP contribution in [0.25, 0.3) is 0 Å². The van der Waals surface area contributed by atoms with E-state index in [-0.39, 0.29) is 17.4 Å². The van der Waals surface area contributed by atoms with E-state index in [0.717, 1.165) is 6.07 Å². The van der Waals surface area contributed by atoms with Crippen LogP contribution in [0.2, 0.25) is 5.02 Å². The van der Waals surface area contributed by atoms with E-state index in [0.29, 0.717) is 0 Å². The van der Waals surface area contributed by atoms with E-state index in [1.54, 1.807) is 0 Å². The lowest BCUT2D eigenvalue weighted by molar-refractivity contribution is 0.230. The Morgan fingerprint density at radius 2 is 2.54 bits per heavy atom. The Kier molecular flexibility index (Phi) is 3.50. The highest BCUT2D eigenvalue weighted by Gasteiger charge is 2.02. The molecule has 0 bridgehead atoms. The molecule has 0 aliphatic heterocycles. The minimum absolute atomic E-state index is 0.0315. The lowest BCUT2D eigenvalue weighted by Crippen LogP contribution is -2.04. The van der Waals surface area contributed by atoms with Crippen molar-refractivity contribution in [2.24, 2.45) is 0 Å². The first-order valence-corrected chi connectivity index (χ1v) is 3.74. The zero-order valence-corrected chi connectivity index (χ0v) is 7.31. The maximum absolute atomic E-state index is 12.9. The summed E-state index contributed by atoms with van der Waals surface area (Å²) in [6.07, 6.45) is 6.20. The molecule has 0 aliphatic carbocycles. The number of nitrogens with one attached hydrogen (secondary N) is 1. The van der Waals surface area contributed by atoms with Gasteiger partial charge in [-0.2, -0.15) is 0 Å². The molecule has 0 amide bonds. The number of halogens is 2. The molecule has 0 atom stereocenters. The smallest absolute Gasteiger partial charge is 0.186 e. The highest BCUT2D eigenvalue weighted by Crippen LogP contribution is 2.14. The first-order valence-electron chi connectivity index (χ1n) is 3.36. The largest absolute Gasteiger partial charge is 0.262 e. The molecular formula is C8H6ClFN2O. The Morgan fingerprint density at radius 3 is 3.15 bits per heavy atom. The molecule has 0 spiro atoms. The SMILES string of the molecule is C#CCONc1ncc(Cl)cc1F. The van der Waals surface area contributed by atoms with Crippen molar-refractivity contribution < 1.29 is 9.23 Å². The summed E-state index contributed by atoms with van der Waals surface area (Å²) < 4.78 is 12.9. The summed E-state index contributed by atoms with van der Waals surface area (Å²) in [6.45, 7) is 0.0315. The van der Waals surface area contributed by atoms with Crippen LogP contribution in [0.5, 0.6) is 0 Å². The van der Waals surface area contributed by atoms with Gasteiger partial charge in [-0.3, -0.25) is 4.84 Å². The number of hydrogen-bond acceptors (Lipinski definition) is 3. The number of pyridine rings is 1. The molecule has 1 rings (SSSR count). The summed E-state index contributed by atoms with van der Waals surface area (Å²) in [7, 11) is 0. The average Bonchev–Trinajstić information content (AvgIpc) is 2.09. The van der Waals surface area contributed by atoms with Gasteiger partial charge in [-0.05, 0) is 6.07 Å². The maximum atomic E-state index is 12.9. The van der Waals surface area contributed by atoms with E-state index < -0.39 is 5.82 Å². The Labute approximate surface area is 79.8 Å². The molecule has 3 nitrogen and oxygen atoms in total. The molecule has 13 heavy (non-hydrogen) atoms. The van der Waals surface area contributed by atoms with Crippen LogP contribution in [0.1, 0.15) is 0 Å². The van der Waals surface area contributed by atoms with Gasteiger partial charge in [0, 0.05) is 6.20 Å². The lowest BCUT2D eigenvalue weighted by atomic mass is 10.4. The molecule has 0 saturated carbocycles. The fraction of sp³-hybridized carbons (Fsp3) is 0.125. The third-order valence-electron chi connectivity index (χ3n) is 1.13. The zero-order valence-electron chi connectivity index (χ0n) is 6.55. The van der Waals surface area contributed by atoms with Gasteiger partial charge in [-0.1, -0.05) is 17.5 Å². The molecule has 1 N–H and O–H groups in total. The first-order chi connectivity index (χ1) is 6.24. The average molecular weight is 201 g/mol. The number of hydrogen-bond donors (Lipinski definition) is 1. The van der Waals surface area contributed by atoms with Crippen LogP contribution in [-0.4, -0.2) is 11.6 Å². The molecule has 0 aromatic carbocycles. The molecule has 5 heteroatoms. The van der Waals surface area contributed by atoms with E-state index in [4.69, 9.17) is 18.0 Å². The highest BCUT2D eigenvalue weighted by atomic mass is 35.5. The molecule has 0 fully saturated rings. The van der Waals surface area contributed by atoms with Crippen molar-refractivity contribution in [2.75, 3.05) is 12.1 Å². The normalized spacial score (nSPS) is 9.31. The molecule has 0 radical (unpaired) electrons. The second kappa shape index (κ2) is 4.65. The van der Waals surface area contributed by atoms with Gasteiger partial charge in [-0.15, -0.1) is 6.42 Å². The molecule has 1 aromatic rings. The van der Waals surface area contributed by atoms with E-state index in [2.05, 4.69) is 21.2 Å². The van der Waals surface area contributed by atoms with Crippen molar-refractivity contribution in [1.29, 1.82) is 0 Å². The number of nitrogens with zero attached hydrogens (tertiary/aromatic N) is 1. The number of terminal acetylenes is 1. The van der Waals surface area contributed by atoms with Crippen LogP contribution in [0.15, 0.2) is 12.3 Å². The Morgan fingerprint density at radius 1 is 1.77 bits per heavy atom. The van der Waals surface area contributed by atoms with Gasteiger partial charge in [0.2, 0.25) is 0 Å². The van der Waals surface area contributed by atoms with Crippen LogP contribution < -0.4 is 5.48 Å². The summed E-state index contributed by atoms with van der Waals surface area (Å²) in [5, 5.41) is 0.222. The highest BCUT2D eigenvalue weighted by molar-refractivity contribution is 6.30. The predicted molar refractivity (Wildman–Crippen MR) is 47.6 cm³/mol. The number of anilines is 1. The summed E-state index contributed by atoms with van der Waals surface area (Å²) >= 11 is 5.47. The van der Waals surface area contributed by atoms with Crippen molar-refractivity contribution >= 4 is 17.4 Å². The van der Waals surface area contributed by atoms with Crippen molar-refractivity contribution in [1.82, 2.24) is 4.98 Å². The van der Waals surface area contributed by atoms with Crippen molar-refractivity contribution in [3.63, 3.8) is 0 Å². The number of rotatable bonds is 3. The molecule has 1 heterocycles. The van der Waals surface area contributed by atoms with Crippen LogP contribution in [0, 0.1) is 18.2 Å². The minimum atomic E-state index is -0.593. The summed E-state index contributed by atoms with van der Waals surface area (Å²) in [5.74, 6) is 1.57. The maximum Gasteiger partial charge on any atom is 0.186 e. The van der Waals surface area contributed by atoms with Gasteiger partial charge < -0.3 is 0 Å². The first kappa shape index (κ1) is 9.78. The quantitative estimate of drug-likeness (QED) is 0.459. The zero-order chi connectivity index (χ0) is 9.68. The standard InChI is InChI=1S/C8H6ClFN2O/c1-2-3-13-12-8-7(10)4-6(9)5-11-8/h1,4-5H,3H2,(H,11,12). The Bertz CT molecular complexity index is 337. The summed E-state index contributed by atoms with van der Waals surface area (Å²) in [4.78, 5) is 8.30. The Hall–Kier alpha value is -1.31. The summed E-state index contributed by atoms with van der Waals surface area (Å²) in [6, 6.07) is 1.12. The van der Waals surface area contributed by atoms with Crippen LogP contribution in [0.4, 0.5) is 10.2 Å². The lowest BCUT2D eigenvalue weighted by Gasteiger charge is -2.03. The minimum Gasteiger partial charge on any atom is -0.262 e. The summed E-state index contributed by atoms with van der Waals surface area (Å²) in [5.41, 5.74) is 2.25. The van der Waals surface area contributed by atoms with Gasteiger partial charge in [0.15, 0.2) is 11.6 Å². The topological polar surface area (TPSA) is 34.1 Å². The van der Waals surface area contributed by atoms with Crippen LogP contribution >= 0.6 is 11.6 Å². The van der Waals surface area contributed by atoms with E-state index >= 15 is 0 Å². The van der Waals surface area contributed by atoms with E-state index in [1.807, 2.05) is 0 Å².